The zero-order valence-electron chi connectivity index (χ0n) is 11.3. The lowest BCUT2D eigenvalue weighted by atomic mass is 9.94. The van der Waals surface area contributed by atoms with Gasteiger partial charge in [-0.3, -0.25) is 0 Å². The van der Waals surface area contributed by atoms with Crippen molar-refractivity contribution in [2.75, 3.05) is 6.61 Å². The molecule has 1 aromatic carbocycles. The van der Waals surface area contributed by atoms with Crippen LogP contribution < -0.4 is 5.32 Å². The fraction of sp³-hybridized carbons (Fsp3) is 0.625. The molecule has 0 bridgehead atoms. The Morgan fingerprint density at radius 2 is 2.06 bits per heavy atom. The van der Waals surface area contributed by atoms with E-state index in [1.165, 1.54) is 37.7 Å². The number of hydrogen-bond donors (Lipinski definition) is 2. The topological polar surface area (TPSA) is 32.3 Å². The van der Waals surface area contributed by atoms with Crippen LogP contribution in [0.5, 0.6) is 0 Å². The van der Waals surface area contributed by atoms with E-state index in [-0.39, 0.29) is 12.6 Å². The fourth-order valence-electron chi connectivity index (χ4n) is 3.02. The lowest BCUT2D eigenvalue weighted by Gasteiger charge is -2.24. The van der Waals surface area contributed by atoms with Crippen LogP contribution in [-0.2, 0) is 6.42 Å². The average Bonchev–Trinajstić information content (AvgIpc) is 2.84. The first-order valence-corrected chi connectivity index (χ1v) is 7.20. The van der Waals surface area contributed by atoms with Gasteiger partial charge in [0.15, 0.2) is 0 Å². The molecule has 0 spiro atoms. The Bertz CT molecular complexity index is 338. The molecule has 1 saturated carbocycles. The van der Waals surface area contributed by atoms with Crippen LogP contribution in [0.3, 0.4) is 0 Å². The average molecular weight is 247 g/mol. The van der Waals surface area contributed by atoms with E-state index in [2.05, 4.69) is 42.6 Å². The highest BCUT2D eigenvalue weighted by Gasteiger charge is 2.27. The van der Waals surface area contributed by atoms with Crippen LogP contribution in [0.4, 0.5) is 0 Å². The first kappa shape index (κ1) is 13.6. The molecule has 1 aliphatic rings. The quantitative estimate of drug-likeness (QED) is 0.810. The maximum Gasteiger partial charge on any atom is 0.0582 e. The number of nitrogens with one attached hydrogen (secondary N) is 1. The van der Waals surface area contributed by atoms with Gasteiger partial charge in [-0.1, -0.05) is 36.8 Å². The predicted molar refractivity (Wildman–Crippen MR) is 75.6 cm³/mol. The maximum absolute atomic E-state index is 9.13. The van der Waals surface area contributed by atoms with Crippen LogP contribution in [0.1, 0.15) is 38.2 Å². The van der Waals surface area contributed by atoms with Gasteiger partial charge in [-0.25, -0.2) is 0 Å². The number of rotatable bonds is 6. The molecule has 0 aromatic heterocycles. The monoisotopic (exact) mass is 247 g/mol. The summed E-state index contributed by atoms with van der Waals surface area (Å²) in [6.45, 7) is 2.30. The first-order valence-electron chi connectivity index (χ1n) is 7.20. The molecule has 0 saturated heterocycles. The second-order valence-corrected chi connectivity index (χ2v) is 5.57. The van der Waals surface area contributed by atoms with E-state index in [9.17, 15) is 0 Å². The zero-order chi connectivity index (χ0) is 12.8. The van der Waals surface area contributed by atoms with Gasteiger partial charge in [0.2, 0.25) is 0 Å². The van der Waals surface area contributed by atoms with E-state index < -0.39 is 0 Å². The summed E-state index contributed by atoms with van der Waals surface area (Å²) in [6, 6.07) is 11.6. The summed E-state index contributed by atoms with van der Waals surface area (Å²) in [7, 11) is 0. The molecule has 0 amide bonds. The number of aliphatic hydroxyl groups is 1. The molecule has 1 aromatic rings. The number of aryl methyl sites for hydroxylation is 1. The number of benzene rings is 1. The van der Waals surface area contributed by atoms with Gasteiger partial charge in [-0.05, 0) is 44.1 Å². The van der Waals surface area contributed by atoms with Gasteiger partial charge in [-0.15, -0.1) is 0 Å². The second kappa shape index (κ2) is 6.91. The molecule has 18 heavy (non-hydrogen) atoms. The SMILES string of the molecule is C[C@H](CO)NC1CCCC1CCc1ccccc1. The highest BCUT2D eigenvalue weighted by atomic mass is 16.3. The van der Waals surface area contributed by atoms with E-state index in [0.29, 0.717) is 6.04 Å². The van der Waals surface area contributed by atoms with Crippen molar-refractivity contribution in [1.82, 2.24) is 5.32 Å². The third kappa shape index (κ3) is 3.82. The molecular weight excluding hydrogens is 222 g/mol. The van der Waals surface area contributed by atoms with Gasteiger partial charge in [0, 0.05) is 12.1 Å². The lowest BCUT2D eigenvalue weighted by Crippen LogP contribution is -2.40. The number of hydrogen-bond acceptors (Lipinski definition) is 2. The second-order valence-electron chi connectivity index (χ2n) is 5.57. The summed E-state index contributed by atoms with van der Waals surface area (Å²) < 4.78 is 0. The molecule has 1 fully saturated rings. The summed E-state index contributed by atoms with van der Waals surface area (Å²) >= 11 is 0. The van der Waals surface area contributed by atoms with Gasteiger partial charge in [0.1, 0.15) is 0 Å². The molecule has 0 radical (unpaired) electrons. The van der Waals surface area contributed by atoms with Crippen molar-refractivity contribution >= 4 is 0 Å². The Hall–Kier alpha value is -0.860. The third-order valence-electron chi connectivity index (χ3n) is 4.08. The summed E-state index contributed by atoms with van der Waals surface area (Å²) in [5.74, 6) is 0.777. The Balaban J connectivity index is 1.81. The molecule has 2 nitrogen and oxygen atoms in total. The molecule has 100 valence electrons. The molecule has 3 atom stereocenters. The Labute approximate surface area is 110 Å². The van der Waals surface area contributed by atoms with Gasteiger partial charge in [0.05, 0.1) is 6.61 Å². The van der Waals surface area contributed by atoms with E-state index >= 15 is 0 Å². The van der Waals surface area contributed by atoms with Crippen molar-refractivity contribution in [1.29, 1.82) is 0 Å². The predicted octanol–water partition coefficient (Wildman–Crippen LogP) is 2.76. The minimum Gasteiger partial charge on any atom is -0.395 e. The molecule has 0 aliphatic heterocycles. The van der Waals surface area contributed by atoms with E-state index in [1.807, 2.05) is 0 Å². The molecule has 2 heteroatoms. The minimum atomic E-state index is 0.229. The van der Waals surface area contributed by atoms with Crippen LogP contribution in [0.15, 0.2) is 30.3 Å². The first-order chi connectivity index (χ1) is 8.79. The fourth-order valence-corrected chi connectivity index (χ4v) is 3.02. The number of aliphatic hydroxyl groups excluding tert-OH is 1. The van der Waals surface area contributed by atoms with Crippen LogP contribution in [0.25, 0.3) is 0 Å². The van der Waals surface area contributed by atoms with Crippen LogP contribution in [-0.4, -0.2) is 23.8 Å². The van der Waals surface area contributed by atoms with E-state index in [0.717, 1.165) is 5.92 Å². The van der Waals surface area contributed by atoms with E-state index in [4.69, 9.17) is 5.11 Å². The Kier molecular flexibility index (Phi) is 5.21. The van der Waals surface area contributed by atoms with Gasteiger partial charge < -0.3 is 10.4 Å². The molecule has 2 rings (SSSR count). The summed E-state index contributed by atoms with van der Waals surface area (Å²) in [4.78, 5) is 0. The van der Waals surface area contributed by atoms with Crippen LogP contribution in [0, 0.1) is 5.92 Å². The normalized spacial score (nSPS) is 25.2. The molecular formula is C16H25NO. The van der Waals surface area contributed by atoms with Gasteiger partial charge >= 0.3 is 0 Å². The summed E-state index contributed by atoms with van der Waals surface area (Å²) in [6.07, 6.45) is 6.37. The highest BCUT2D eigenvalue weighted by molar-refractivity contribution is 5.14. The Morgan fingerprint density at radius 3 is 2.78 bits per heavy atom. The maximum atomic E-state index is 9.13. The zero-order valence-corrected chi connectivity index (χ0v) is 11.3. The molecule has 2 N–H and O–H groups in total. The molecule has 2 unspecified atom stereocenters. The highest BCUT2D eigenvalue weighted by Crippen LogP contribution is 2.29. The summed E-state index contributed by atoms with van der Waals surface area (Å²) in [5, 5.41) is 12.7. The lowest BCUT2D eigenvalue weighted by molar-refractivity contribution is 0.228. The molecule has 1 aliphatic carbocycles. The third-order valence-corrected chi connectivity index (χ3v) is 4.08. The van der Waals surface area contributed by atoms with Gasteiger partial charge in [-0.2, -0.15) is 0 Å². The molecule has 0 heterocycles. The largest absolute Gasteiger partial charge is 0.395 e. The smallest absolute Gasteiger partial charge is 0.0582 e. The van der Waals surface area contributed by atoms with Crippen LogP contribution >= 0.6 is 0 Å². The van der Waals surface area contributed by atoms with Crippen molar-refractivity contribution in [2.45, 2.75) is 51.1 Å². The van der Waals surface area contributed by atoms with Crippen molar-refractivity contribution in [3.8, 4) is 0 Å². The Morgan fingerprint density at radius 1 is 1.28 bits per heavy atom. The standard InChI is InChI=1S/C16H25NO/c1-13(12-18)17-16-9-5-8-15(16)11-10-14-6-3-2-4-7-14/h2-4,6-7,13,15-18H,5,8-12H2,1H3/t13-,15?,16?/m1/s1. The van der Waals surface area contributed by atoms with Crippen molar-refractivity contribution in [3.63, 3.8) is 0 Å². The summed E-state index contributed by atoms with van der Waals surface area (Å²) in [5.41, 5.74) is 1.44. The van der Waals surface area contributed by atoms with Crippen molar-refractivity contribution in [3.05, 3.63) is 35.9 Å². The van der Waals surface area contributed by atoms with Gasteiger partial charge in [0.25, 0.3) is 0 Å². The minimum absolute atomic E-state index is 0.229. The van der Waals surface area contributed by atoms with Crippen LogP contribution in [0.2, 0.25) is 0 Å². The van der Waals surface area contributed by atoms with E-state index in [1.54, 1.807) is 0 Å². The van der Waals surface area contributed by atoms with Crippen molar-refractivity contribution in [2.24, 2.45) is 5.92 Å². The van der Waals surface area contributed by atoms with Crippen molar-refractivity contribution < 1.29 is 5.11 Å².